The van der Waals surface area contributed by atoms with Crippen molar-refractivity contribution in [3.05, 3.63) is 89.5 Å². The zero-order valence-electron chi connectivity index (χ0n) is 35.4. The molecule has 3 amide bonds. The minimum Gasteiger partial charge on any atom is -0.593 e. The van der Waals surface area contributed by atoms with Gasteiger partial charge in [0.25, 0.3) is 11.7 Å². The van der Waals surface area contributed by atoms with Crippen LogP contribution in [-0.4, -0.2) is 127 Å². The number of rotatable bonds is 20. The van der Waals surface area contributed by atoms with E-state index in [2.05, 4.69) is 5.32 Å². The van der Waals surface area contributed by atoms with Crippen molar-refractivity contribution >= 4 is 29.7 Å². The first kappa shape index (κ1) is 46.8. The number of carbonyl (C=O) groups is 5. The molecule has 3 rings (SSSR count). The number of aromatic hydroxyl groups is 1. The van der Waals surface area contributed by atoms with Crippen LogP contribution in [0.1, 0.15) is 50.8 Å². The molecule has 58 heavy (non-hydrogen) atoms. The average molecular weight is 806 g/mol. The number of benzene rings is 3. The van der Waals surface area contributed by atoms with Gasteiger partial charge in [0, 0.05) is 45.0 Å². The summed E-state index contributed by atoms with van der Waals surface area (Å²) in [5, 5.41) is 20.6. The Kier molecular flexibility index (Phi) is 17.5. The summed E-state index contributed by atoms with van der Waals surface area (Å²) in [7, 11) is 9.25. The first-order valence-electron chi connectivity index (χ1n) is 19.4. The predicted molar refractivity (Wildman–Crippen MR) is 220 cm³/mol. The highest BCUT2D eigenvalue weighted by molar-refractivity contribution is 5.95. The lowest BCUT2D eigenvalue weighted by atomic mass is 9.96. The van der Waals surface area contributed by atoms with Crippen LogP contribution in [-0.2, 0) is 52.7 Å². The Labute approximate surface area is 342 Å². The number of hydrogen-bond donors (Lipinski definition) is 2. The molecule has 0 fully saturated rings. The summed E-state index contributed by atoms with van der Waals surface area (Å²) in [6.07, 6.45) is -0.295. The maximum Gasteiger partial charge on any atom is 0.328 e. The zero-order chi connectivity index (χ0) is 43.3. The van der Waals surface area contributed by atoms with Crippen LogP contribution in [0, 0.1) is 11.8 Å². The van der Waals surface area contributed by atoms with Gasteiger partial charge in [-0.25, -0.2) is 4.79 Å². The number of hydrogen-bond acceptors (Lipinski definition) is 10. The second-order valence-corrected chi connectivity index (χ2v) is 15.2. The number of nitrogens with zero attached hydrogens (tertiary/aromatic N) is 3. The number of methoxy groups -OCH3 is 2. The molecule has 0 radical (unpaired) electrons. The molecule has 6 atom stereocenters. The number of nitrogens with one attached hydrogen (secondary N) is 1. The molecular weight excluding hydrogens is 745 g/mol. The Balaban J connectivity index is 1.92. The van der Waals surface area contributed by atoms with Gasteiger partial charge in [-0.3, -0.25) is 24.1 Å². The van der Waals surface area contributed by atoms with E-state index in [0.29, 0.717) is 35.5 Å². The molecule has 0 spiro atoms. The van der Waals surface area contributed by atoms with Gasteiger partial charge in [-0.1, -0.05) is 52.0 Å². The van der Waals surface area contributed by atoms with E-state index in [1.54, 1.807) is 95.4 Å². The van der Waals surface area contributed by atoms with Crippen LogP contribution >= 0.6 is 0 Å². The molecular formula is C44H61N4O10+. The van der Waals surface area contributed by atoms with Crippen LogP contribution in [0.3, 0.4) is 0 Å². The van der Waals surface area contributed by atoms with E-state index >= 15 is 0 Å². The molecule has 316 valence electrons. The summed E-state index contributed by atoms with van der Waals surface area (Å²) in [6, 6.07) is 16.0. The lowest BCUT2D eigenvalue weighted by Gasteiger charge is -2.36. The van der Waals surface area contributed by atoms with Crippen LogP contribution < -0.4 is 10.1 Å². The standard InChI is InChI=1S/C44H60N4O10/c1-11-28(4)39(58-44(55)36(46(5)6)25-31-16-22-34(56-9)23-17-31)40(51)45-38(27(2)3)42(53)47(7)35(24-29-12-18-32(49)19-13-29)41(52)48(8)37(43(54)57-10)26-30-14-20-33(50)21-15-30/h12-23,27-28,35-39,49-50H,11,24-26H2,1-10H3,(H,45,51)/p+1/t28-,35-,36-,37-,38-,39-/m1/s1. The average Bonchev–Trinajstić information content (AvgIpc) is 3.21. The highest BCUT2D eigenvalue weighted by atomic mass is 16.6. The molecule has 0 unspecified atom stereocenters. The topological polar surface area (TPSA) is 178 Å². The zero-order valence-corrected chi connectivity index (χ0v) is 35.4. The van der Waals surface area contributed by atoms with Gasteiger partial charge in [0.15, 0.2) is 6.10 Å². The van der Waals surface area contributed by atoms with E-state index in [9.17, 15) is 29.1 Å². The third-order valence-electron chi connectivity index (χ3n) is 10.5. The molecule has 0 bridgehead atoms. The van der Waals surface area contributed by atoms with Crippen LogP contribution in [0.25, 0.3) is 0 Å². The molecule has 0 saturated carbocycles. The molecule has 3 aromatic carbocycles. The third kappa shape index (κ3) is 12.7. The molecule has 0 saturated heterocycles. The van der Waals surface area contributed by atoms with E-state index in [1.807, 2.05) is 19.1 Å². The van der Waals surface area contributed by atoms with Gasteiger partial charge in [0.1, 0.15) is 35.7 Å². The number of phenols is 1. The van der Waals surface area contributed by atoms with Crippen molar-refractivity contribution in [1.82, 2.24) is 20.0 Å². The summed E-state index contributed by atoms with van der Waals surface area (Å²) in [5.74, 6) is -2.91. The van der Waals surface area contributed by atoms with E-state index in [0.717, 1.165) is 5.56 Å². The summed E-state index contributed by atoms with van der Waals surface area (Å²) in [4.78, 5) is 74.3. The fourth-order valence-corrected chi connectivity index (χ4v) is 6.44. The smallest absolute Gasteiger partial charge is 0.328 e. The Morgan fingerprint density at radius 3 is 1.66 bits per heavy atom. The van der Waals surface area contributed by atoms with E-state index in [4.69, 9.17) is 19.3 Å². The molecule has 0 aliphatic rings. The van der Waals surface area contributed by atoms with Crippen molar-refractivity contribution in [3.63, 3.8) is 0 Å². The number of esters is 2. The van der Waals surface area contributed by atoms with Gasteiger partial charge in [-0.2, -0.15) is 0 Å². The minimum atomic E-state index is -1.22. The number of likely N-dealkylation sites (N-methyl/N-ethyl adjacent to an activating group) is 3. The Bertz CT molecular complexity index is 1820. The van der Waals surface area contributed by atoms with Gasteiger partial charge in [-0.05, 0) is 85.9 Å². The van der Waals surface area contributed by atoms with Crippen molar-refractivity contribution in [2.45, 2.75) is 83.6 Å². The minimum absolute atomic E-state index is 0.0130. The van der Waals surface area contributed by atoms with E-state index in [-0.39, 0.29) is 18.6 Å². The highest BCUT2D eigenvalue weighted by Gasteiger charge is 2.40. The predicted octanol–water partition coefficient (Wildman–Crippen LogP) is 3.72. The van der Waals surface area contributed by atoms with Crippen molar-refractivity contribution in [2.24, 2.45) is 11.8 Å². The molecule has 0 aliphatic heterocycles. The third-order valence-corrected chi connectivity index (χ3v) is 10.5. The molecule has 0 aromatic heterocycles. The summed E-state index contributed by atoms with van der Waals surface area (Å²) >= 11 is 0. The molecule has 0 aliphatic carbocycles. The normalized spacial score (nSPS) is 14.3. The molecule has 14 heteroatoms. The molecule has 14 nitrogen and oxygen atoms in total. The van der Waals surface area contributed by atoms with E-state index < -0.39 is 71.8 Å². The summed E-state index contributed by atoms with van der Waals surface area (Å²) in [6.45, 7) is 7.19. The van der Waals surface area contributed by atoms with E-state index in [1.165, 1.54) is 43.1 Å². The Morgan fingerprint density at radius 1 is 0.690 bits per heavy atom. The van der Waals surface area contributed by atoms with Gasteiger partial charge in [0.2, 0.25) is 11.8 Å². The fraction of sp³-hybridized carbons (Fsp3) is 0.477. The van der Waals surface area contributed by atoms with Gasteiger partial charge in [0.05, 0.1) is 14.2 Å². The quantitative estimate of drug-likeness (QED) is 0.126. The second kappa shape index (κ2) is 21.8. The Hall–Kier alpha value is -5.63. The Morgan fingerprint density at radius 2 is 1.17 bits per heavy atom. The van der Waals surface area contributed by atoms with Crippen LogP contribution in [0.2, 0.25) is 0 Å². The lowest BCUT2D eigenvalue weighted by molar-refractivity contribution is -0.164. The fourth-order valence-electron chi connectivity index (χ4n) is 6.44. The highest BCUT2D eigenvalue weighted by Crippen LogP contribution is 2.22. The van der Waals surface area contributed by atoms with Gasteiger partial charge >= 0.3 is 11.9 Å². The molecule has 0 heterocycles. The lowest BCUT2D eigenvalue weighted by Crippen LogP contribution is -2.59. The first-order valence-corrected chi connectivity index (χ1v) is 19.4. The maximum atomic E-state index is 14.5. The number of amides is 3. The molecule has 4 N–H and O–H groups in total. The van der Waals surface area contributed by atoms with Crippen molar-refractivity contribution < 1.29 is 48.4 Å². The SMILES string of the molecule is CC[C@@H](C)[C@@H](OC(=O)[C@@H](Cc1ccc(OC)cc1)N(C)C)C(=O)N[C@@H](C(=O)N(C)[C@H](Cc1ccc(O)cc1)C(=O)N(C)[C@H](Cc1ccc([OH2+])cc1)C(=O)OC)C(C)C. The van der Waals surface area contributed by atoms with Gasteiger partial charge < -0.3 is 39.5 Å². The number of carbonyl (C=O) groups excluding carboxylic acids is 5. The van der Waals surface area contributed by atoms with Crippen LogP contribution in [0.5, 0.6) is 17.2 Å². The summed E-state index contributed by atoms with van der Waals surface area (Å²) in [5.41, 5.74) is 2.20. The monoisotopic (exact) mass is 805 g/mol. The van der Waals surface area contributed by atoms with Crippen LogP contribution in [0.15, 0.2) is 72.8 Å². The van der Waals surface area contributed by atoms with Crippen molar-refractivity contribution in [3.8, 4) is 17.2 Å². The van der Waals surface area contributed by atoms with Crippen LogP contribution in [0.4, 0.5) is 0 Å². The van der Waals surface area contributed by atoms with Crippen molar-refractivity contribution in [2.75, 3.05) is 42.4 Å². The maximum absolute atomic E-state index is 14.5. The first-order chi connectivity index (χ1) is 27.4. The number of phenolic OH excluding ortho intramolecular Hbond substituents is 1. The summed E-state index contributed by atoms with van der Waals surface area (Å²) < 4.78 is 16.3. The van der Waals surface area contributed by atoms with Crippen molar-refractivity contribution in [1.29, 1.82) is 0 Å². The number of ether oxygens (including phenoxy) is 3. The van der Waals surface area contributed by atoms with Gasteiger partial charge in [-0.15, -0.1) is 0 Å². The largest absolute Gasteiger partial charge is 0.593 e. The molecule has 3 aromatic rings. The second-order valence-electron chi connectivity index (χ2n) is 15.2.